The second-order valence-electron chi connectivity index (χ2n) is 7.65. The van der Waals surface area contributed by atoms with Crippen LogP contribution in [-0.4, -0.2) is 44.7 Å². The van der Waals surface area contributed by atoms with Crippen LogP contribution in [0.4, 0.5) is 0 Å². The van der Waals surface area contributed by atoms with Crippen LogP contribution in [-0.2, 0) is 4.79 Å². The maximum Gasteiger partial charge on any atom is 0.327 e. The predicted molar refractivity (Wildman–Crippen MR) is 110 cm³/mol. The van der Waals surface area contributed by atoms with E-state index in [1.165, 1.54) is 38.5 Å². The number of aliphatic carboxylic acids is 1. The van der Waals surface area contributed by atoms with Gasteiger partial charge in [0.2, 0.25) is 0 Å². The number of rotatable bonds is 19. The van der Waals surface area contributed by atoms with E-state index in [-0.39, 0.29) is 6.10 Å². The van der Waals surface area contributed by atoms with Gasteiger partial charge in [-0.15, -0.1) is 0 Å². The molecule has 3 unspecified atom stereocenters. The molecule has 27 heavy (non-hydrogen) atoms. The summed E-state index contributed by atoms with van der Waals surface area (Å²) in [5.74, 6) is -0.945. The van der Waals surface area contributed by atoms with Gasteiger partial charge in [0, 0.05) is 6.08 Å². The number of carboxylic acids is 1. The highest BCUT2D eigenvalue weighted by Gasteiger charge is 2.16. The molecule has 5 nitrogen and oxygen atoms in total. The topological polar surface area (TPSA) is 98.0 Å². The highest BCUT2D eigenvalue weighted by Crippen LogP contribution is 2.16. The first-order chi connectivity index (χ1) is 13.0. The van der Waals surface area contributed by atoms with Crippen LogP contribution in [0.5, 0.6) is 0 Å². The predicted octanol–water partition coefficient (Wildman–Crippen LogP) is 4.58. The summed E-state index contributed by atoms with van der Waals surface area (Å²) in [6.07, 6.45) is 15.1. The zero-order valence-electron chi connectivity index (χ0n) is 17.2. The number of carboxylic acid groups (broad SMARTS) is 1. The van der Waals surface area contributed by atoms with Gasteiger partial charge in [-0.3, -0.25) is 0 Å². The average Bonchev–Trinajstić information content (AvgIpc) is 2.63. The number of carbonyl (C=O) groups is 1. The second-order valence-corrected chi connectivity index (χ2v) is 7.65. The maximum absolute atomic E-state index is 10.3. The fraction of sp³-hybridized carbons (Fsp3) is 0.864. The summed E-state index contributed by atoms with van der Waals surface area (Å²) in [6, 6.07) is 0. The quantitative estimate of drug-likeness (QED) is 0.192. The van der Waals surface area contributed by atoms with Gasteiger partial charge >= 0.3 is 5.97 Å². The van der Waals surface area contributed by atoms with Crippen LogP contribution in [0.15, 0.2) is 12.2 Å². The van der Waals surface area contributed by atoms with Crippen molar-refractivity contribution in [3.05, 3.63) is 12.2 Å². The Morgan fingerprint density at radius 2 is 1.26 bits per heavy atom. The van der Waals surface area contributed by atoms with E-state index in [9.17, 15) is 20.1 Å². The van der Waals surface area contributed by atoms with Gasteiger partial charge < -0.3 is 20.4 Å². The molecule has 0 aliphatic carbocycles. The van der Waals surface area contributed by atoms with E-state index in [1.54, 1.807) is 6.08 Å². The lowest BCUT2D eigenvalue weighted by atomic mass is 9.99. The standard InChI is InChI=1S/C22H42O5/c1-2-3-4-5-6-7-10-14-19(23)15-13-17-21(25)20(24)16-11-8-9-12-18-22(26)27/h12,18-21,23-25H,2-11,13-17H2,1H3,(H,26,27). The van der Waals surface area contributed by atoms with Crippen molar-refractivity contribution < 1.29 is 25.2 Å². The van der Waals surface area contributed by atoms with E-state index < -0.39 is 18.2 Å². The molecule has 4 N–H and O–H groups in total. The van der Waals surface area contributed by atoms with Gasteiger partial charge in [-0.2, -0.15) is 0 Å². The van der Waals surface area contributed by atoms with E-state index in [0.717, 1.165) is 38.2 Å². The Hall–Kier alpha value is -0.910. The number of allylic oxidation sites excluding steroid dienone is 1. The Kier molecular flexibility index (Phi) is 17.8. The van der Waals surface area contributed by atoms with Crippen LogP contribution in [0.2, 0.25) is 0 Å². The second kappa shape index (κ2) is 18.5. The summed E-state index contributed by atoms with van der Waals surface area (Å²) in [6.45, 7) is 2.22. The fourth-order valence-electron chi connectivity index (χ4n) is 3.23. The van der Waals surface area contributed by atoms with Gasteiger partial charge in [0.05, 0.1) is 18.3 Å². The first kappa shape index (κ1) is 26.1. The first-order valence-electron chi connectivity index (χ1n) is 10.9. The van der Waals surface area contributed by atoms with Crippen LogP contribution >= 0.6 is 0 Å². The molecule has 0 amide bonds. The van der Waals surface area contributed by atoms with Gasteiger partial charge in [0.1, 0.15) is 0 Å². The molecule has 0 aromatic rings. The SMILES string of the molecule is CCCCCCCCCC(O)CCCC(O)C(O)CCCCC=CC(=O)O. The maximum atomic E-state index is 10.3. The number of aliphatic hydroxyl groups is 3. The van der Waals surface area contributed by atoms with E-state index in [2.05, 4.69) is 6.92 Å². The molecular weight excluding hydrogens is 344 g/mol. The molecule has 0 aromatic heterocycles. The summed E-state index contributed by atoms with van der Waals surface area (Å²) in [5.41, 5.74) is 0. The molecule has 3 atom stereocenters. The molecule has 0 aromatic carbocycles. The highest BCUT2D eigenvalue weighted by atomic mass is 16.4. The number of unbranched alkanes of at least 4 members (excludes halogenated alkanes) is 8. The molecule has 0 heterocycles. The molecule has 160 valence electrons. The largest absolute Gasteiger partial charge is 0.478 e. The molecule has 0 saturated carbocycles. The molecule has 0 aliphatic heterocycles. The van der Waals surface area contributed by atoms with Crippen LogP contribution < -0.4 is 0 Å². The minimum Gasteiger partial charge on any atom is -0.478 e. The van der Waals surface area contributed by atoms with Gasteiger partial charge in [0.15, 0.2) is 0 Å². The van der Waals surface area contributed by atoms with E-state index in [4.69, 9.17) is 5.11 Å². The summed E-state index contributed by atoms with van der Waals surface area (Å²) in [4.78, 5) is 10.3. The lowest BCUT2D eigenvalue weighted by molar-refractivity contribution is -0.131. The normalized spacial score (nSPS) is 15.1. The third kappa shape index (κ3) is 18.2. The van der Waals surface area contributed by atoms with Gasteiger partial charge in [-0.1, -0.05) is 64.4 Å². The van der Waals surface area contributed by atoms with Gasteiger partial charge in [-0.25, -0.2) is 4.79 Å². The molecule has 0 radical (unpaired) electrons. The van der Waals surface area contributed by atoms with Gasteiger partial charge in [0.25, 0.3) is 0 Å². The highest BCUT2D eigenvalue weighted by molar-refractivity contribution is 5.79. The summed E-state index contributed by atoms with van der Waals surface area (Å²) in [7, 11) is 0. The molecule has 0 fully saturated rings. The fourth-order valence-corrected chi connectivity index (χ4v) is 3.23. The Morgan fingerprint density at radius 1 is 0.741 bits per heavy atom. The average molecular weight is 387 g/mol. The Morgan fingerprint density at radius 3 is 1.89 bits per heavy atom. The first-order valence-corrected chi connectivity index (χ1v) is 10.9. The zero-order chi connectivity index (χ0) is 20.3. The minimum absolute atomic E-state index is 0.300. The van der Waals surface area contributed by atoms with Crippen molar-refractivity contribution in [2.75, 3.05) is 0 Å². The van der Waals surface area contributed by atoms with Crippen molar-refractivity contribution >= 4 is 5.97 Å². The van der Waals surface area contributed by atoms with Crippen molar-refractivity contribution in [3.63, 3.8) is 0 Å². The number of aliphatic hydroxyl groups excluding tert-OH is 3. The van der Waals surface area contributed by atoms with Crippen LogP contribution in [0.25, 0.3) is 0 Å². The Balaban J connectivity index is 3.56. The van der Waals surface area contributed by atoms with Gasteiger partial charge in [-0.05, 0) is 44.9 Å². The van der Waals surface area contributed by atoms with Crippen molar-refractivity contribution in [2.24, 2.45) is 0 Å². The summed E-state index contributed by atoms with van der Waals surface area (Å²) >= 11 is 0. The number of hydrogen-bond donors (Lipinski definition) is 4. The van der Waals surface area contributed by atoms with Crippen molar-refractivity contribution in [1.82, 2.24) is 0 Å². The third-order valence-electron chi connectivity index (χ3n) is 5.00. The molecular formula is C22H42O5. The van der Waals surface area contributed by atoms with Crippen LogP contribution in [0.3, 0.4) is 0 Å². The Bertz CT molecular complexity index is 370. The lowest BCUT2D eigenvalue weighted by Crippen LogP contribution is -2.26. The molecule has 0 bridgehead atoms. The van der Waals surface area contributed by atoms with Crippen LogP contribution in [0, 0.1) is 0 Å². The number of hydrogen-bond acceptors (Lipinski definition) is 4. The van der Waals surface area contributed by atoms with Crippen molar-refractivity contribution in [1.29, 1.82) is 0 Å². The zero-order valence-corrected chi connectivity index (χ0v) is 17.2. The van der Waals surface area contributed by atoms with E-state index >= 15 is 0 Å². The summed E-state index contributed by atoms with van der Waals surface area (Å²) < 4.78 is 0. The lowest BCUT2D eigenvalue weighted by Gasteiger charge is -2.18. The molecule has 5 heteroatoms. The molecule has 0 saturated heterocycles. The summed E-state index contributed by atoms with van der Waals surface area (Å²) in [5, 5.41) is 38.5. The van der Waals surface area contributed by atoms with Crippen molar-refractivity contribution in [2.45, 2.75) is 122 Å². The molecule has 0 spiro atoms. The third-order valence-corrected chi connectivity index (χ3v) is 5.00. The van der Waals surface area contributed by atoms with E-state index in [1.807, 2.05) is 0 Å². The van der Waals surface area contributed by atoms with Crippen molar-refractivity contribution in [3.8, 4) is 0 Å². The molecule has 0 aliphatic rings. The molecule has 0 rings (SSSR count). The van der Waals surface area contributed by atoms with E-state index in [0.29, 0.717) is 25.7 Å². The minimum atomic E-state index is -0.945. The smallest absolute Gasteiger partial charge is 0.327 e. The van der Waals surface area contributed by atoms with Crippen LogP contribution in [0.1, 0.15) is 103 Å². The Labute approximate surface area is 165 Å². The monoisotopic (exact) mass is 386 g/mol.